The van der Waals surface area contributed by atoms with Gasteiger partial charge < -0.3 is 24.2 Å². The molecule has 1 N–H and O–H groups in total. The Morgan fingerprint density at radius 1 is 1.10 bits per heavy atom. The van der Waals surface area contributed by atoms with Gasteiger partial charge in [-0.3, -0.25) is 9.78 Å². The van der Waals surface area contributed by atoms with Crippen LogP contribution < -0.4 is 14.2 Å². The molecule has 7 heteroatoms. The minimum absolute atomic E-state index is 0.138. The third-order valence-corrected chi connectivity index (χ3v) is 5.46. The molecule has 0 unspecified atom stereocenters. The summed E-state index contributed by atoms with van der Waals surface area (Å²) in [6.07, 6.45) is 1.15. The molecule has 2 aliphatic rings. The van der Waals surface area contributed by atoms with Gasteiger partial charge in [-0.15, -0.1) is 0 Å². The number of ether oxygens (including phenoxy) is 3. The van der Waals surface area contributed by atoms with Crippen LogP contribution in [-0.2, 0) is 0 Å². The van der Waals surface area contributed by atoms with Crippen LogP contribution in [-0.4, -0.2) is 59.4 Å². The lowest BCUT2D eigenvalue weighted by atomic mass is 10.0. The number of nitrogens with zero attached hydrogens (tertiary/aromatic N) is 2. The number of aliphatic hydroxyl groups is 1. The van der Waals surface area contributed by atoms with Gasteiger partial charge in [-0.25, -0.2) is 0 Å². The number of β-amino-alcohol motifs (C(OH)–C–C–N with tert-alkyl or cyclic N) is 1. The molecule has 1 aromatic heterocycles. The Morgan fingerprint density at radius 2 is 1.97 bits per heavy atom. The predicted octanol–water partition coefficient (Wildman–Crippen LogP) is 2.66. The number of hydrogen-bond acceptors (Lipinski definition) is 6. The summed E-state index contributed by atoms with van der Waals surface area (Å²) in [5.74, 6) is 1.78. The molecule has 1 fully saturated rings. The third-order valence-electron chi connectivity index (χ3n) is 5.46. The van der Waals surface area contributed by atoms with Gasteiger partial charge in [0.25, 0.3) is 5.91 Å². The average Bonchev–Trinajstić information content (AvgIpc) is 2.79. The molecule has 1 amide bonds. The van der Waals surface area contributed by atoms with E-state index < -0.39 is 6.10 Å². The van der Waals surface area contributed by atoms with Gasteiger partial charge in [-0.2, -0.15) is 0 Å². The molecule has 1 saturated heterocycles. The van der Waals surface area contributed by atoms with Crippen LogP contribution in [0.2, 0.25) is 0 Å². The van der Waals surface area contributed by atoms with Crippen molar-refractivity contribution in [3.8, 4) is 17.2 Å². The molecule has 0 saturated carbocycles. The fraction of sp³-hybridized carbons (Fsp3) is 0.304. The van der Waals surface area contributed by atoms with E-state index in [9.17, 15) is 9.90 Å². The Balaban J connectivity index is 1.25. The van der Waals surface area contributed by atoms with Crippen molar-refractivity contribution in [1.29, 1.82) is 0 Å². The molecule has 3 heterocycles. The Bertz CT molecular complexity index is 1090. The maximum Gasteiger partial charge on any atom is 0.254 e. The molecule has 3 aromatic rings. The molecule has 5 rings (SSSR count). The summed E-state index contributed by atoms with van der Waals surface area (Å²) in [6.45, 7) is 1.70. The highest BCUT2D eigenvalue weighted by Crippen LogP contribution is 2.31. The van der Waals surface area contributed by atoms with Crippen LogP contribution >= 0.6 is 0 Å². The first-order chi connectivity index (χ1) is 14.7. The summed E-state index contributed by atoms with van der Waals surface area (Å²) in [5.41, 5.74) is 1.41. The van der Waals surface area contributed by atoms with E-state index in [2.05, 4.69) is 4.98 Å². The lowest BCUT2D eigenvalue weighted by Crippen LogP contribution is -2.51. The summed E-state index contributed by atoms with van der Waals surface area (Å²) >= 11 is 0. The fourth-order valence-corrected chi connectivity index (χ4v) is 3.89. The summed E-state index contributed by atoms with van der Waals surface area (Å²) in [7, 11) is 0. The van der Waals surface area contributed by atoms with E-state index in [1.54, 1.807) is 29.3 Å². The summed E-state index contributed by atoms with van der Waals surface area (Å²) in [5, 5.41) is 11.6. The molecule has 0 aliphatic carbocycles. The van der Waals surface area contributed by atoms with Gasteiger partial charge in [0.1, 0.15) is 31.2 Å². The molecule has 2 aliphatic heterocycles. The number of aromatic nitrogens is 1. The zero-order valence-corrected chi connectivity index (χ0v) is 16.4. The number of pyridine rings is 1. The molecule has 2 atom stereocenters. The Hall–Kier alpha value is -3.32. The molecule has 30 heavy (non-hydrogen) atoms. The first-order valence-electron chi connectivity index (χ1n) is 10.1. The third kappa shape index (κ3) is 3.64. The maximum atomic E-state index is 12.9. The Kier molecular flexibility index (Phi) is 4.88. The number of piperidine rings is 1. The fourth-order valence-electron chi connectivity index (χ4n) is 3.89. The standard InChI is InChI=1S/C23H22N2O5/c26-19-14-25(23(27)16-3-6-21-22(13-16)29-11-10-28-21)9-7-20(19)30-17-4-5-18-15(12-17)2-1-8-24-18/h1-6,8,12-13,19-20,26H,7,9-11,14H2/t19-,20-/m1/s1. The highest BCUT2D eigenvalue weighted by atomic mass is 16.6. The van der Waals surface area contributed by atoms with Crippen LogP contribution in [0.1, 0.15) is 16.8 Å². The van der Waals surface area contributed by atoms with E-state index in [1.165, 1.54) is 0 Å². The zero-order valence-electron chi connectivity index (χ0n) is 16.4. The van der Waals surface area contributed by atoms with E-state index in [4.69, 9.17) is 14.2 Å². The van der Waals surface area contributed by atoms with Gasteiger partial charge in [0, 0.05) is 30.1 Å². The van der Waals surface area contributed by atoms with E-state index in [0.29, 0.717) is 49.0 Å². The van der Waals surface area contributed by atoms with Crippen molar-refractivity contribution in [1.82, 2.24) is 9.88 Å². The normalized spacial score (nSPS) is 20.8. The molecule has 0 bridgehead atoms. The predicted molar refractivity (Wildman–Crippen MR) is 110 cm³/mol. The van der Waals surface area contributed by atoms with Gasteiger partial charge in [0.15, 0.2) is 11.5 Å². The second-order valence-corrected chi connectivity index (χ2v) is 7.48. The number of carbonyl (C=O) groups is 1. The second kappa shape index (κ2) is 7.84. The Morgan fingerprint density at radius 3 is 2.83 bits per heavy atom. The van der Waals surface area contributed by atoms with E-state index in [0.717, 1.165) is 10.9 Å². The zero-order chi connectivity index (χ0) is 20.5. The number of hydrogen-bond donors (Lipinski definition) is 1. The summed E-state index contributed by atoms with van der Waals surface area (Å²) in [6, 6.07) is 14.7. The van der Waals surface area contributed by atoms with Gasteiger partial charge in [-0.05, 0) is 42.5 Å². The van der Waals surface area contributed by atoms with Crippen LogP contribution in [0.25, 0.3) is 10.9 Å². The number of benzene rings is 2. The monoisotopic (exact) mass is 406 g/mol. The summed E-state index contributed by atoms with van der Waals surface area (Å²) < 4.78 is 17.1. The lowest BCUT2D eigenvalue weighted by Gasteiger charge is -2.36. The first kappa shape index (κ1) is 18.7. The number of aliphatic hydroxyl groups excluding tert-OH is 1. The summed E-state index contributed by atoms with van der Waals surface area (Å²) in [4.78, 5) is 18.9. The number of fused-ring (bicyclic) bond motifs is 2. The average molecular weight is 406 g/mol. The smallest absolute Gasteiger partial charge is 0.254 e. The number of rotatable bonds is 3. The van der Waals surface area contributed by atoms with Crippen molar-refractivity contribution < 1.29 is 24.1 Å². The SMILES string of the molecule is O=C(c1ccc2c(c1)OCCO2)N1CC[C@@H](Oc2ccc3ncccc3c2)[C@H](O)C1. The molecule has 0 radical (unpaired) electrons. The minimum atomic E-state index is -0.774. The van der Waals surface area contributed by atoms with Crippen molar-refractivity contribution >= 4 is 16.8 Å². The molecular formula is C23H22N2O5. The second-order valence-electron chi connectivity index (χ2n) is 7.48. The van der Waals surface area contributed by atoms with Gasteiger partial charge in [-0.1, -0.05) is 6.07 Å². The molecular weight excluding hydrogens is 384 g/mol. The molecule has 7 nitrogen and oxygen atoms in total. The van der Waals surface area contributed by atoms with Crippen molar-refractivity contribution in [3.05, 3.63) is 60.3 Å². The van der Waals surface area contributed by atoms with Crippen LogP contribution in [0, 0.1) is 0 Å². The molecule has 2 aromatic carbocycles. The van der Waals surface area contributed by atoms with Gasteiger partial charge in [0.2, 0.25) is 0 Å². The molecule has 0 spiro atoms. The van der Waals surface area contributed by atoms with Crippen molar-refractivity contribution in [2.45, 2.75) is 18.6 Å². The number of likely N-dealkylation sites (tertiary alicyclic amines) is 1. The van der Waals surface area contributed by atoms with Crippen molar-refractivity contribution in [2.24, 2.45) is 0 Å². The number of carbonyl (C=O) groups excluding carboxylic acids is 1. The number of amides is 1. The van der Waals surface area contributed by atoms with Crippen molar-refractivity contribution in [2.75, 3.05) is 26.3 Å². The van der Waals surface area contributed by atoms with Crippen LogP contribution in [0.4, 0.5) is 0 Å². The first-order valence-corrected chi connectivity index (χ1v) is 10.1. The van der Waals surface area contributed by atoms with E-state index >= 15 is 0 Å². The topological polar surface area (TPSA) is 81.1 Å². The van der Waals surface area contributed by atoms with Crippen molar-refractivity contribution in [3.63, 3.8) is 0 Å². The largest absolute Gasteiger partial charge is 0.488 e. The van der Waals surface area contributed by atoms with Gasteiger partial charge >= 0.3 is 0 Å². The highest BCUT2D eigenvalue weighted by Gasteiger charge is 2.32. The van der Waals surface area contributed by atoms with E-state index in [-0.39, 0.29) is 18.6 Å². The maximum absolute atomic E-state index is 12.9. The van der Waals surface area contributed by atoms with Crippen LogP contribution in [0.5, 0.6) is 17.2 Å². The lowest BCUT2D eigenvalue weighted by molar-refractivity contribution is -0.0198. The molecule has 154 valence electrons. The van der Waals surface area contributed by atoms with Crippen LogP contribution in [0.3, 0.4) is 0 Å². The minimum Gasteiger partial charge on any atom is -0.488 e. The highest BCUT2D eigenvalue weighted by molar-refractivity contribution is 5.95. The Labute approximate surface area is 173 Å². The van der Waals surface area contributed by atoms with E-state index in [1.807, 2.05) is 30.3 Å². The van der Waals surface area contributed by atoms with Crippen LogP contribution in [0.15, 0.2) is 54.7 Å². The quantitative estimate of drug-likeness (QED) is 0.720. The van der Waals surface area contributed by atoms with Gasteiger partial charge in [0.05, 0.1) is 12.1 Å².